The third-order valence-corrected chi connectivity index (χ3v) is 9.10. The van der Waals surface area contributed by atoms with E-state index in [2.05, 4.69) is 13.8 Å². The van der Waals surface area contributed by atoms with Crippen molar-refractivity contribution < 1.29 is 28.2 Å². The molecule has 6 nitrogen and oxygen atoms in total. The summed E-state index contributed by atoms with van der Waals surface area (Å²) >= 11 is -0.743. The molecule has 5 rings (SSSR count). The van der Waals surface area contributed by atoms with Crippen LogP contribution in [-0.2, 0) is 31.8 Å². The standard InChI is InChI=1S/C18H28O3S.3C5H10O/c1-3-4-5-6-7-8-11-22(19)15(2)12-16-9-10-17-18(13-16)21-14-20-17;3*1-2-4-6-5-3-1/h9-10,13,15H,3-8,11-12,14H2,1-2H3;3*1-5H2. The minimum absolute atomic E-state index is 0.191. The summed E-state index contributed by atoms with van der Waals surface area (Å²) in [4.78, 5) is 0. The van der Waals surface area contributed by atoms with Gasteiger partial charge in [-0.2, -0.15) is 0 Å². The molecule has 0 N–H and O–H groups in total. The van der Waals surface area contributed by atoms with Gasteiger partial charge < -0.3 is 28.2 Å². The molecule has 4 heterocycles. The quantitative estimate of drug-likeness (QED) is 0.206. The minimum Gasteiger partial charge on any atom is -0.616 e. The molecule has 0 saturated carbocycles. The highest BCUT2D eigenvalue weighted by Crippen LogP contribution is 2.33. The van der Waals surface area contributed by atoms with E-state index < -0.39 is 11.2 Å². The smallest absolute Gasteiger partial charge is 0.231 e. The molecular formula is C33H58O6S. The van der Waals surface area contributed by atoms with Crippen molar-refractivity contribution in [2.24, 2.45) is 0 Å². The van der Waals surface area contributed by atoms with E-state index in [0.717, 1.165) is 69.7 Å². The summed E-state index contributed by atoms with van der Waals surface area (Å²) in [5.41, 5.74) is 1.17. The second-order valence-electron chi connectivity index (χ2n) is 11.1. The van der Waals surface area contributed by atoms with Gasteiger partial charge in [0.1, 0.15) is 11.0 Å². The van der Waals surface area contributed by atoms with Crippen LogP contribution in [0.4, 0.5) is 0 Å². The monoisotopic (exact) mass is 582 g/mol. The Balaban J connectivity index is 0.000000247. The van der Waals surface area contributed by atoms with Gasteiger partial charge in [0.25, 0.3) is 0 Å². The van der Waals surface area contributed by atoms with E-state index in [0.29, 0.717) is 6.79 Å². The average molecular weight is 583 g/mol. The fourth-order valence-electron chi connectivity index (χ4n) is 4.78. The van der Waals surface area contributed by atoms with E-state index in [1.807, 2.05) is 18.2 Å². The highest BCUT2D eigenvalue weighted by molar-refractivity contribution is 7.91. The van der Waals surface area contributed by atoms with Crippen LogP contribution >= 0.6 is 0 Å². The Morgan fingerprint density at radius 2 is 1.18 bits per heavy atom. The number of rotatable bonds is 10. The van der Waals surface area contributed by atoms with Gasteiger partial charge in [0.05, 0.1) is 0 Å². The largest absolute Gasteiger partial charge is 0.616 e. The lowest BCUT2D eigenvalue weighted by atomic mass is 10.1. The summed E-state index contributed by atoms with van der Waals surface area (Å²) in [5, 5.41) is 0.191. The van der Waals surface area contributed by atoms with E-state index in [9.17, 15) is 4.55 Å². The molecule has 2 unspecified atom stereocenters. The lowest BCUT2D eigenvalue weighted by Gasteiger charge is -2.18. The summed E-state index contributed by atoms with van der Waals surface area (Å²) in [6.45, 7) is 10.6. The Labute approximate surface area is 248 Å². The molecule has 3 fully saturated rings. The van der Waals surface area contributed by atoms with Crippen LogP contribution in [0.2, 0.25) is 0 Å². The Kier molecular flexibility index (Phi) is 21.6. The molecule has 4 aliphatic heterocycles. The van der Waals surface area contributed by atoms with Crippen LogP contribution in [0, 0.1) is 0 Å². The summed E-state index contributed by atoms with van der Waals surface area (Å²) in [6.07, 6.45) is 20.1. The predicted molar refractivity (Wildman–Crippen MR) is 166 cm³/mol. The van der Waals surface area contributed by atoms with Crippen LogP contribution in [0.15, 0.2) is 18.2 Å². The topological polar surface area (TPSA) is 69.2 Å². The van der Waals surface area contributed by atoms with Crippen molar-refractivity contribution in [2.45, 2.75) is 122 Å². The maximum absolute atomic E-state index is 12.3. The maximum atomic E-state index is 12.3. The van der Waals surface area contributed by atoms with Crippen molar-refractivity contribution in [2.75, 3.05) is 52.2 Å². The first-order valence-corrected chi connectivity index (χ1v) is 17.6. The van der Waals surface area contributed by atoms with Crippen LogP contribution in [0.25, 0.3) is 0 Å². The van der Waals surface area contributed by atoms with Gasteiger partial charge in [-0.3, -0.25) is 0 Å². The molecule has 3 saturated heterocycles. The fourth-order valence-corrected chi connectivity index (χ4v) is 6.05. The van der Waals surface area contributed by atoms with E-state index in [-0.39, 0.29) is 5.25 Å². The number of ether oxygens (including phenoxy) is 5. The molecule has 1 aromatic rings. The maximum Gasteiger partial charge on any atom is 0.231 e. The Bertz CT molecular complexity index is 643. The highest BCUT2D eigenvalue weighted by Gasteiger charge is 2.19. The Morgan fingerprint density at radius 1 is 0.675 bits per heavy atom. The predicted octanol–water partition coefficient (Wildman–Crippen LogP) is 8.02. The zero-order valence-corrected chi connectivity index (χ0v) is 26.5. The van der Waals surface area contributed by atoms with Crippen molar-refractivity contribution in [1.29, 1.82) is 0 Å². The molecule has 0 radical (unpaired) electrons. The van der Waals surface area contributed by atoms with Crippen molar-refractivity contribution in [3.05, 3.63) is 23.8 Å². The number of fused-ring (bicyclic) bond motifs is 1. The van der Waals surface area contributed by atoms with Crippen LogP contribution < -0.4 is 9.47 Å². The first-order valence-electron chi connectivity index (χ1n) is 16.2. The van der Waals surface area contributed by atoms with E-state index in [4.69, 9.17) is 23.7 Å². The zero-order valence-electron chi connectivity index (χ0n) is 25.6. The molecule has 0 bridgehead atoms. The van der Waals surface area contributed by atoms with Gasteiger partial charge in [-0.05, 0) is 95.2 Å². The Hall–Kier alpha value is -0.990. The number of unbranched alkanes of at least 4 members (excludes halogenated alkanes) is 5. The van der Waals surface area contributed by atoms with Gasteiger partial charge in [-0.1, -0.05) is 49.8 Å². The molecule has 0 spiro atoms. The van der Waals surface area contributed by atoms with E-state index >= 15 is 0 Å². The van der Waals surface area contributed by atoms with E-state index in [1.165, 1.54) is 95.5 Å². The van der Waals surface area contributed by atoms with Crippen molar-refractivity contribution in [3.63, 3.8) is 0 Å². The summed E-state index contributed by atoms with van der Waals surface area (Å²) in [5.74, 6) is 2.45. The molecule has 0 aliphatic carbocycles. The number of hydrogen-bond donors (Lipinski definition) is 0. The third kappa shape index (κ3) is 17.7. The zero-order chi connectivity index (χ0) is 28.5. The van der Waals surface area contributed by atoms with Gasteiger partial charge in [0.2, 0.25) is 6.79 Å². The second kappa shape index (κ2) is 24.6. The van der Waals surface area contributed by atoms with Crippen molar-refractivity contribution in [3.8, 4) is 11.5 Å². The average Bonchev–Trinajstić information content (AvgIpc) is 3.50. The van der Waals surface area contributed by atoms with Gasteiger partial charge in [0.15, 0.2) is 11.5 Å². The van der Waals surface area contributed by atoms with Crippen LogP contribution in [-0.4, -0.2) is 62.0 Å². The fraction of sp³-hybridized carbons (Fsp3) is 0.818. The normalized spacial score (nSPS) is 19.5. The lowest BCUT2D eigenvalue weighted by Crippen LogP contribution is -2.23. The number of benzene rings is 1. The molecule has 0 amide bonds. The Morgan fingerprint density at radius 3 is 1.65 bits per heavy atom. The SMILES string of the molecule is C1CCOCC1.C1CCOCC1.C1CCOCC1.CCCCCCCC[S+]([O-])C(C)Cc1ccc2c(c1)OCO2. The highest BCUT2D eigenvalue weighted by atomic mass is 32.2. The molecule has 7 heteroatoms. The third-order valence-electron chi connectivity index (χ3n) is 7.34. The lowest BCUT2D eigenvalue weighted by molar-refractivity contribution is 0.0967. The number of hydrogen-bond acceptors (Lipinski definition) is 6. The molecule has 4 aliphatic rings. The first kappa shape index (κ1) is 35.2. The molecule has 0 aromatic heterocycles. The second-order valence-corrected chi connectivity index (χ2v) is 13.0. The molecule has 1 aromatic carbocycles. The first-order chi connectivity index (χ1) is 19.7. The summed E-state index contributed by atoms with van der Waals surface area (Å²) in [7, 11) is 0. The van der Waals surface area contributed by atoms with Crippen LogP contribution in [0.1, 0.15) is 116 Å². The molecule has 40 heavy (non-hydrogen) atoms. The van der Waals surface area contributed by atoms with Crippen LogP contribution in [0.3, 0.4) is 0 Å². The molecular weight excluding hydrogens is 524 g/mol. The van der Waals surface area contributed by atoms with Gasteiger partial charge >= 0.3 is 0 Å². The van der Waals surface area contributed by atoms with Gasteiger partial charge in [-0.25, -0.2) is 0 Å². The van der Waals surface area contributed by atoms with Gasteiger partial charge in [-0.15, -0.1) is 0 Å². The summed E-state index contributed by atoms with van der Waals surface area (Å²) in [6, 6.07) is 6.01. The van der Waals surface area contributed by atoms with Crippen molar-refractivity contribution in [1.82, 2.24) is 0 Å². The minimum atomic E-state index is -0.743. The van der Waals surface area contributed by atoms with Crippen molar-refractivity contribution >= 4 is 11.2 Å². The molecule has 2 atom stereocenters. The van der Waals surface area contributed by atoms with Crippen LogP contribution in [0.5, 0.6) is 11.5 Å². The summed E-state index contributed by atoms with van der Waals surface area (Å²) < 4.78 is 38.2. The van der Waals surface area contributed by atoms with Gasteiger partial charge in [0, 0.05) is 46.1 Å². The van der Waals surface area contributed by atoms with E-state index in [1.54, 1.807) is 0 Å². The molecule has 232 valence electrons.